The molecule has 4 rings (SSSR count). The van der Waals surface area contributed by atoms with Gasteiger partial charge in [-0.25, -0.2) is 4.79 Å². The van der Waals surface area contributed by atoms with Crippen molar-refractivity contribution in [3.8, 4) is 16.9 Å². The van der Waals surface area contributed by atoms with E-state index in [1.807, 2.05) is 26.2 Å². The van der Waals surface area contributed by atoms with Crippen LogP contribution in [0.4, 0.5) is 13.2 Å². The number of carboxylic acid groups (broad SMARTS) is 1. The van der Waals surface area contributed by atoms with Gasteiger partial charge in [0.15, 0.2) is 0 Å². The van der Waals surface area contributed by atoms with Gasteiger partial charge in [0.25, 0.3) is 0 Å². The zero-order chi connectivity index (χ0) is 29.4. The van der Waals surface area contributed by atoms with Crippen molar-refractivity contribution in [1.82, 2.24) is 9.80 Å². The second kappa shape index (κ2) is 14.2. The highest BCUT2D eigenvalue weighted by atomic mass is 35.5. The molecule has 6 nitrogen and oxygen atoms in total. The number of hydrogen-bond acceptors (Lipinski definition) is 4. The highest BCUT2D eigenvalue weighted by molar-refractivity contribution is 6.31. The van der Waals surface area contributed by atoms with Gasteiger partial charge >= 0.3 is 12.1 Å². The van der Waals surface area contributed by atoms with Crippen molar-refractivity contribution in [3.63, 3.8) is 0 Å². The molecule has 2 aromatic carbocycles. The Bertz CT molecular complexity index is 1170. The molecule has 1 aliphatic carbocycles. The number of benzene rings is 2. The van der Waals surface area contributed by atoms with E-state index in [1.54, 1.807) is 0 Å². The SMILES string of the molecule is Cc1cc(OCCN(C)C)ccc1-c1ccc(CC2CCN(C3CCCCC3)C2=O)c(Cl)c1.O=C(O)C(F)(F)F. The molecule has 1 amide bonds. The normalized spacial score (nSPS) is 18.1. The summed E-state index contributed by atoms with van der Waals surface area (Å²) in [7, 11) is 4.08. The average Bonchev–Trinajstić information content (AvgIpc) is 3.25. The summed E-state index contributed by atoms with van der Waals surface area (Å²) in [6.07, 6.45) is 2.78. The number of amides is 1. The van der Waals surface area contributed by atoms with E-state index in [2.05, 4.69) is 41.0 Å². The second-order valence-electron chi connectivity index (χ2n) is 10.8. The first-order chi connectivity index (χ1) is 18.9. The fourth-order valence-electron chi connectivity index (χ4n) is 5.25. The second-order valence-corrected chi connectivity index (χ2v) is 11.2. The Hall–Kier alpha value is -2.78. The fraction of sp³-hybridized carbons (Fsp3) is 0.533. The third-order valence-corrected chi connectivity index (χ3v) is 7.80. The monoisotopic (exact) mass is 582 g/mol. The number of likely N-dealkylation sites (tertiary alicyclic amines) is 1. The zero-order valence-corrected chi connectivity index (χ0v) is 24.0. The van der Waals surface area contributed by atoms with Crippen LogP contribution in [0.15, 0.2) is 36.4 Å². The highest BCUT2D eigenvalue weighted by Crippen LogP contribution is 2.34. The summed E-state index contributed by atoms with van der Waals surface area (Å²) in [5.74, 6) is -1.46. The van der Waals surface area contributed by atoms with Crippen molar-refractivity contribution < 1.29 is 32.6 Å². The van der Waals surface area contributed by atoms with E-state index in [-0.39, 0.29) is 5.92 Å². The Kier molecular flexibility index (Phi) is 11.3. The van der Waals surface area contributed by atoms with Crippen LogP contribution in [0.25, 0.3) is 11.1 Å². The maximum absolute atomic E-state index is 13.1. The van der Waals surface area contributed by atoms with Gasteiger partial charge in [-0.2, -0.15) is 13.2 Å². The Labute approximate surface area is 239 Å². The highest BCUT2D eigenvalue weighted by Gasteiger charge is 2.38. The minimum Gasteiger partial charge on any atom is -0.492 e. The van der Waals surface area contributed by atoms with E-state index in [1.165, 1.54) is 32.1 Å². The van der Waals surface area contributed by atoms with Crippen LogP contribution >= 0.6 is 11.6 Å². The first kappa shape index (κ1) is 31.7. The van der Waals surface area contributed by atoms with Gasteiger partial charge in [-0.1, -0.05) is 49.1 Å². The lowest BCUT2D eigenvalue weighted by Gasteiger charge is -2.31. The number of ether oxygens (including phenoxy) is 1. The van der Waals surface area contributed by atoms with Gasteiger partial charge in [-0.05, 0) is 87.2 Å². The van der Waals surface area contributed by atoms with E-state index < -0.39 is 12.1 Å². The molecule has 1 aliphatic heterocycles. The Morgan fingerprint density at radius 2 is 1.77 bits per heavy atom. The van der Waals surface area contributed by atoms with Crippen LogP contribution < -0.4 is 4.74 Å². The molecular weight excluding hydrogens is 545 g/mol. The number of nitrogens with zero attached hydrogens (tertiary/aromatic N) is 2. The van der Waals surface area contributed by atoms with E-state index >= 15 is 0 Å². The van der Waals surface area contributed by atoms with Crippen molar-refractivity contribution in [1.29, 1.82) is 0 Å². The zero-order valence-electron chi connectivity index (χ0n) is 23.3. The molecule has 2 aromatic rings. The average molecular weight is 583 g/mol. The molecule has 2 aliphatic rings. The summed E-state index contributed by atoms with van der Waals surface area (Å²) in [5.41, 5.74) is 4.49. The Morgan fingerprint density at radius 1 is 1.10 bits per heavy atom. The van der Waals surface area contributed by atoms with E-state index in [4.69, 9.17) is 26.2 Å². The molecule has 1 heterocycles. The summed E-state index contributed by atoms with van der Waals surface area (Å²) in [5, 5.41) is 7.88. The van der Waals surface area contributed by atoms with Gasteiger partial charge in [-0.3, -0.25) is 4.79 Å². The van der Waals surface area contributed by atoms with E-state index in [0.717, 1.165) is 59.0 Å². The number of carbonyl (C=O) groups is 2. The summed E-state index contributed by atoms with van der Waals surface area (Å²) < 4.78 is 37.6. The minimum absolute atomic E-state index is 0.0654. The van der Waals surface area contributed by atoms with E-state index in [9.17, 15) is 18.0 Å². The summed E-state index contributed by atoms with van der Waals surface area (Å²) >= 11 is 6.72. The maximum atomic E-state index is 13.1. The molecule has 1 unspecified atom stereocenters. The molecule has 220 valence electrons. The molecular formula is C30H38ClF3N2O4. The standard InChI is InChI=1S/C28H37ClN2O2.C2HF3O2/c1-20-17-25(33-16-15-30(2)3)11-12-26(20)21-9-10-22(27(29)19-21)18-23-13-14-31(28(23)32)24-7-5-4-6-8-24;3-2(4,5)1(6)7/h9-12,17,19,23-24H,4-8,13-16,18H2,1-3H3;(H,6,7). The third-order valence-electron chi connectivity index (χ3n) is 7.44. The van der Waals surface area contributed by atoms with Crippen LogP contribution in [0.5, 0.6) is 5.75 Å². The molecule has 10 heteroatoms. The number of likely N-dealkylation sites (N-methyl/N-ethyl adjacent to an activating group) is 1. The molecule has 1 saturated carbocycles. The number of aryl methyl sites for hydroxylation is 1. The molecule has 0 radical (unpaired) electrons. The van der Waals surface area contributed by atoms with Crippen LogP contribution in [-0.2, 0) is 16.0 Å². The van der Waals surface area contributed by atoms with Crippen molar-refractivity contribution in [2.45, 2.75) is 64.1 Å². The lowest BCUT2D eigenvalue weighted by atomic mass is 9.93. The number of rotatable bonds is 8. The van der Waals surface area contributed by atoms with E-state index in [0.29, 0.717) is 18.6 Å². The summed E-state index contributed by atoms with van der Waals surface area (Å²) in [6.45, 7) is 4.57. The van der Waals surface area contributed by atoms with Gasteiger partial charge in [0.05, 0.1) is 0 Å². The molecule has 2 fully saturated rings. The Balaban J connectivity index is 0.000000559. The lowest BCUT2D eigenvalue weighted by Crippen LogP contribution is -2.39. The minimum atomic E-state index is -5.08. The van der Waals surface area contributed by atoms with Crippen molar-refractivity contribution >= 4 is 23.5 Å². The largest absolute Gasteiger partial charge is 0.492 e. The maximum Gasteiger partial charge on any atom is 0.490 e. The molecule has 1 N–H and O–H groups in total. The van der Waals surface area contributed by atoms with Crippen LogP contribution in [0.2, 0.25) is 5.02 Å². The molecule has 40 heavy (non-hydrogen) atoms. The topological polar surface area (TPSA) is 70.1 Å². The van der Waals surface area contributed by atoms with Crippen LogP contribution in [0, 0.1) is 12.8 Å². The number of aliphatic carboxylic acids is 1. The van der Waals surface area contributed by atoms with Gasteiger partial charge in [-0.15, -0.1) is 0 Å². The predicted molar refractivity (Wildman–Crippen MR) is 150 cm³/mol. The van der Waals surface area contributed by atoms with Crippen LogP contribution in [0.1, 0.15) is 49.7 Å². The van der Waals surface area contributed by atoms with Gasteiger partial charge in [0, 0.05) is 30.1 Å². The molecule has 1 atom stereocenters. The Morgan fingerprint density at radius 3 is 2.35 bits per heavy atom. The smallest absolute Gasteiger partial charge is 0.490 e. The number of hydrogen-bond donors (Lipinski definition) is 1. The quantitative estimate of drug-likeness (QED) is 0.379. The van der Waals surface area contributed by atoms with Crippen LogP contribution in [-0.4, -0.2) is 72.8 Å². The van der Waals surface area contributed by atoms with Crippen LogP contribution in [0.3, 0.4) is 0 Å². The molecule has 1 saturated heterocycles. The number of carboxylic acids is 1. The molecule has 0 aromatic heterocycles. The molecule has 0 spiro atoms. The first-order valence-electron chi connectivity index (χ1n) is 13.6. The first-order valence-corrected chi connectivity index (χ1v) is 14.0. The van der Waals surface area contributed by atoms with Gasteiger partial charge < -0.3 is 19.6 Å². The number of alkyl halides is 3. The summed E-state index contributed by atoms with van der Waals surface area (Å²) in [6, 6.07) is 13.0. The van der Waals surface area contributed by atoms with Crippen molar-refractivity contribution in [2.75, 3.05) is 33.8 Å². The van der Waals surface area contributed by atoms with Gasteiger partial charge in [0.1, 0.15) is 12.4 Å². The van der Waals surface area contributed by atoms with Crippen molar-refractivity contribution in [2.24, 2.45) is 5.92 Å². The molecule has 0 bridgehead atoms. The third kappa shape index (κ3) is 8.86. The number of halogens is 4. The fourth-order valence-corrected chi connectivity index (χ4v) is 5.51. The lowest BCUT2D eigenvalue weighted by molar-refractivity contribution is -0.192. The van der Waals surface area contributed by atoms with Gasteiger partial charge in [0.2, 0.25) is 5.91 Å². The number of carbonyl (C=O) groups excluding carboxylic acids is 1. The van der Waals surface area contributed by atoms with Crippen molar-refractivity contribution in [3.05, 3.63) is 52.5 Å². The predicted octanol–water partition coefficient (Wildman–Crippen LogP) is 6.61. The summed E-state index contributed by atoms with van der Waals surface area (Å²) in [4.78, 5) is 26.2.